The van der Waals surface area contributed by atoms with E-state index >= 15 is 0 Å². The minimum absolute atomic E-state index is 0.0602. The van der Waals surface area contributed by atoms with Crippen LogP contribution in [-0.4, -0.2) is 22.2 Å². The van der Waals surface area contributed by atoms with Gasteiger partial charge in [-0.05, 0) is 19.9 Å². The van der Waals surface area contributed by atoms with Gasteiger partial charge in [0.15, 0.2) is 10.9 Å². The Hall–Kier alpha value is -1.29. The van der Waals surface area contributed by atoms with E-state index in [0.717, 1.165) is 0 Å². The number of pyridine rings is 1. The zero-order valence-electron chi connectivity index (χ0n) is 7.82. The van der Waals surface area contributed by atoms with Crippen molar-refractivity contribution in [3.8, 4) is 5.75 Å². The van der Waals surface area contributed by atoms with Gasteiger partial charge < -0.3 is 9.84 Å². The van der Waals surface area contributed by atoms with Gasteiger partial charge in [-0.1, -0.05) is 11.6 Å². The summed E-state index contributed by atoms with van der Waals surface area (Å²) in [6.07, 6.45) is 1.12. The van der Waals surface area contributed by atoms with E-state index in [1.807, 2.05) is 13.8 Å². The second-order valence-corrected chi connectivity index (χ2v) is 3.34. The van der Waals surface area contributed by atoms with Crippen molar-refractivity contribution in [2.24, 2.45) is 0 Å². The molecule has 0 aliphatic rings. The predicted octanol–water partition coefficient (Wildman–Crippen LogP) is 2.22. The summed E-state index contributed by atoms with van der Waals surface area (Å²) in [5, 5.41) is 8.87. The summed E-state index contributed by atoms with van der Waals surface area (Å²) in [6, 6.07) is 1.36. The zero-order chi connectivity index (χ0) is 10.7. The van der Waals surface area contributed by atoms with Gasteiger partial charge in [-0.2, -0.15) is 0 Å². The fourth-order valence-corrected chi connectivity index (χ4v) is 1.03. The van der Waals surface area contributed by atoms with Crippen molar-refractivity contribution < 1.29 is 14.6 Å². The first-order chi connectivity index (χ1) is 6.50. The molecule has 0 aliphatic heterocycles. The number of aromatic nitrogens is 1. The molecule has 0 atom stereocenters. The van der Waals surface area contributed by atoms with Gasteiger partial charge in [-0.25, -0.2) is 9.78 Å². The van der Waals surface area contributed by atoms with E-state index in [9.17, 15) is 4.79 Å². The zero-order valence-corrected chi connectivity index (χ0v) is 8.58. The lowest BCUT2D eigenvalue weighted by atomic mass is 10.3. The van der Waals surface area contributed by atoms with Gasteiger partial charge in [0.2, 0.25) is 0 Å². The molecule has 0 unspecified atom stereocenters. The topological polar surface area (TPSA) is 59.4 Å². The minimum atomic E-state index is -1.05. The van der Waals surface area contributed by atoms with Gasteiger partial charge in [0.25, 0.3) is 0 Å². The number of aromatic carboxylic acids is 1. The molecule has 0 amide bonds. The maximum atomic E-state index is 10.6. The molecular formula is C9H10ClNO3. The number of carboxylic acid groups (broad SMARTS) is 1. The number of ether oxygens (including phenoxy) is 1. The highest BCUT2D eigenvalue weighted by Gasteiger charge is 2.10. The third-order valence-electron chi connectivity index (χ3n) is 1.42. The monoisotopic (exact) mass is 215 g/mol. The molecule has 76 valence electrons. The fourth-order valence-electron chi connectivity index (χ4n) is 0.881. The molecule has 0 aromatic carbocycles. The average Bonchev–Trinajstić information content (AvgIpc) is 2.07. The number of carbonyl (C=O) groups is 1. The molecule has 0 aliphatic carbocycles. The summed E-state index contributed by atoms with van der Waals surface area (Å²) in [6.45, 7) is 3.65. The van der Waals surface area contributed by atoms with E-state index in [1.165, 1.54) is 12.3 Å². The van der Waals surface area contributed by atoms with Crippen LogP contribution in [0.25, 0.3) is 0 Å². The van der Waals surface area contributed by atoms with Crippen LogP contribution in [0.3, 0.4) is 0 Å². The van der Waals surface area contributed by atoms with Crippen molar-refractivity contribution in [2.75, 3.05) is 0 Å². The highest BCUT2D eigenvalue weighted by molar-refractivity contribution is 6.30. The summed E-state index contributed by atoms with van der Waals surface area (Å²) >= 11 is 5.72. The van der Waals surface area contributed by atoms with Gasteiger partial charge >= 0.3 is 5.97 Å². The lowest BCUT2D eigenvalue weighted by molar-refractivity contribution is 0.0695. The fraction of sp³-hybridized carbons (Fsp3) is 0.333. The number of halogens is 1. The van der Waals surface area contributed by atoms with Crippen LogP contribution in [0.15, 0.2) is 12.3 Å². The van der Waals surface area contributed by atoms with Gasteiger partial charge in [-0.3, -0.25) is 0 Å². The molecule has 14 heavy (non-hydrogen) atoms. The number of hydrogen-bond donors (Lipinski definition) is 1. The van der Waals surface area contributed by atoms with Gasteiger partial charge in [0.05, 0.1) is 11.7 Å². The predicted molar refractivity (Wildman–Crippen MR) is 52.0 cm³/mol. The van der Waals surface area contributed by atoms with Crippen LogP contribution in [-0.2, 0) is 0 Å². The molecule has 5 heteroatoms. The first-order valence-corrected chi connectivity index (χ1v) is 4.44. The lowest BCUT2D eigenvalue weighted by Gasteiger charge is -2.10. The maximum absolute atomic E-state index is 10.6. The van der Waals surface area contributed by atoms with Crippen molar-refractivity contribution >= 4 is 17.6 Å². The molecule has 0 saturated carbocycles. The highest BCUT2D eigenvalue weighted by atomic mass is 35.5. The molecule has 0 spiro atoms. The second-order valence-electron chi connectivity index (χ2n) is 2.98. The van der Waals surface area contributed by atoms with Crippen LogP contribution < -0.4 is 4.74 Å². The third-order valence-corrected chi connectivity index (χ3v) is 1.70. The Labute approximate surface area is 86.5 Å². The van der Waals surface area contributed by atoms with E-state index in [2.05, 4.69) is 4.98 Å². The highest BCUT2D eigenvalue weighted by Crippen LogP contribution is 2.23. The Morgan fingerprint density at radius 1 is 1.64 bits per heavy atom. The molecule has 0 radical (unpaired) electrons. The van der Waals surface area contributed by atoms with Crippen LogP contribution in [0.4, 0.5) is 0 Å². The third kappa shape index (κ3) is 2.60. The van der Waals surface area contributed by atoms with E-state index in [-0.39, 0.29) is 16.8 Å². The maximum Gasteiger partial charge on any atom is 0.337 e. The Bertz CT molecular complexity index is 352. The van der Waals surface area contributed by atoms with Crippen molar-refractivity contribution in [3.63, 3.8) is 0 Å². The van der Waals surface area contributed by atoms with Crippen molar-refractivity contribution in [1.82, 2.24) is 4.98 Å². The summed E-state index contributed by atoms with van der Waals surface area (Å²) in [5.74, 6) is -0.760. The molecule has 0 fully saturated rings. The van der Waals surface area contributed by atoms with Crippen LogP contribution in [0.2, 0.25) is 5.15 Å². The molecule has 4 nitrogen and oxygen atoms in total. The number of hydrogen-bond acceptors (Lipinski definition) is 3. The molecular weight excluding hydrogens is 206 g/mol. The summed E-state index contributed by atoms with van der Waals surface area (Å²) < 4.78 is 5.28. The largest absolute Gasteiger partial charge is 0.488 e. The Morgan fingerprint density at radius 2 is 2.29 bits per heavy atom. The van der Waals surface area contributed by atoms with Crippen LogP contribution in [0.5, 0.6) is 5.75 Å². The number of nitrogens with zero attached hydrogens (tertiary/aromatic N) is 1. The normalized spacial score (nSPS) is 10.3. The molecule has 1 N–H and O–H groups in total. The summed E-state index contributed by atoms with van der Waals surface area (Å²) in [7, 11) is 0. The number of carboxylic acids is 1. The van der Waals surface area contributed by atoms with Gasteiger partial charge in [0.1, 0.15) is 0 Å². The molecule has 1 heterocycles. The standard InChI is InChI=1S/C9H10ClNO3/c1-5(2)14-7-3-6(9(12)13)4-11-8(7)10/h3-5H,1-2H3,(H,12,13). The lowest BCUT2D eigenvalue weighted by Crippen LogP contribution is -2.07. The van der Waals surface area contributed by atoms with E-state index in [4.69, 9.17) is 21.4 Å². The molecule has 1 rings (SSSR count). The molecule has 0 saturated heterocycles. The van der Waals surface area contributed by atoms with Crippen LogP contribution in [0, 0.1) is 0 Å². The minimum Gasteiger partial charge on any atom is -0.488 e. The first kappa shape index (κ1) is 10.8. The Morgan fingerprint density at radius 3 is 2.79 bits per heavy atom. The molecule has 1 aromatic rings. The Balaban J connectivity index is 3.02. The van der Waals surface area contributed by atoms with Crippen molar-refractivity contribution in [2.45, 2.75) is 20.0 Å². The summed E-state index contributed by atoms with van der Waals surface area (Å²) in [4.78, 5) is 14.3. The summed E-state index contributed by atoms with van der Waals surface area (Å²) in [5.41, 5.74) is 0.0602. The number of rotatable bonds is 3. The molecule has 1 aromatic heterocycles. The van der Waals surface area contributed by atoms with Crippen LogP contribution >= 0.6 is 11.6 Å². The van der Waals surface area contributed by atoms with Crippen molar-refractivity contribution in [1.29, 1.82) is 0 Å². The first-order valence-electron chi connectivity index (χ1n) is 4.06. The Kier molecular flexibility index (Phi) is 3.30. The average molecular weight is 216 g/mol. The smallest absolute Gasteiger partial charge is 0.337 e. The van der Waals surface area contributed by atoms with Gasteiger partial charge in [-0.15, -0.1) is 0 Å². The van der Waals surface area contributed by atoms with E-state index < -0.39 is 5.97 Å². The van der Waals surface area contributed by atoms with E-state index in [0.29, 0.717) is 5.75 Å². The SMILES string of the molecule is CC(C)Oc1cc(C(=O)O)cnc1Cl. The van der Waals surface area contributed by atoms with Gasteiger partial charge in [0, 0.05) is 6.20 Å². The van der Waals surface area contributed by atoms with E-state index in [1.54, 1.807) is 0 Å². The quantitative estimate of drug-likeness (QED) is 0.786. The second kappa shape index (κ2) is 4.28. The molecule has 0 bridgehead atoms. The van der Waals surface area contributed by atoms with Crippen LogP contribution in [0.1, 0.15) is 24.2 Å². The van der Waals surface area contributed by atoms with Crippen molar-refractivity contribution in [3.05, 3.63) is 23.0 Å².